The van der Waals surface area contributed by atoms with Gasteiger partial charge in [-0.2, -0.15) is 0 Å². The molecule has 0 spiro atoms. The summed E-state index contributed by atoms with van der Waals surface area (Å²) in [4.78, 5) is 27.4. The van der Waals surface area contributed by atoms with Crippen LogP contribution in [0.3, 0.4) is 0 Å². The third-order valence-electron chi connectivity index (χ3n) is 4.65. The van der Waals surface area contributed by atoms with E-state index in [1.54, 1.807) is 0 Å². The van der Waals surface area contributed by atoms with Gasteiger partial charge < -0.3 is 14.8 Å². The average Bonchev–Trinajstić information content (AvgIpc) is 2.98. The van der Waals surface area contributed by atoms with Crippen LogP contribution in [0, 0.1) is 0 Å². The zero-order valence-electron chi connectivity index (χ0n) is 17.7. The van der Waals surface area contributed by atoms with Gasteiger partial charge in [-0.1, -0.05) is 32.0 Å². The predicted octanol–water partition coefficient (Wildman–Crippen LogP) is 4.48. The van der Waals surface area contributed by atoms with E-state index in [0.29, 0.717) is 48.8 Å². The topological polar surface area (TPSA) is 67.9 Å². The lowest BCUT2D eigenvalue weighted by atomic mass is 10.0. The molecule has 2 aromatic rings. The molecule has 3 rings (SSSR count). The quantitative estimate of drug-likeness (QED) is 0.587. The Labute approximate surface area is 177 Å². The molecule has 1 N–H and O–H groups in total. The molecule has 0 atom stereocenters. The van der Waals surface area contributed by atoms with Gasteiger partial charge >= 0.3 is 0 Å². The minimum Gasteiger partial charge on any atom is -0.494 e. The van der Waals surface area contributed by atoms with Gasteiger partial charge in [0.2, 0.25) is 0 Å². The number of hydrogen-bond acceptors (Lipinski definition) is 5. The van der Waals surface area contributed by atoms with E-state index in [1.165, 1.54) is 4.90 Å². The van der Waals surface area contributed by atoms with E-state index in [4.69, 9.17) is 9.47 Å². The monoisotopic (exact) mass is 408 g/mol. The number of nitrogens with one attached hydrogen (secondary N) is 1. The minimum atomic E-state index is -0.315. The average molecular weight is 408 g/mol. The molecule has 1 aliphatic heterocycles. The van der Waals surface area contributed by atoms with Crippen molar-refractivity contribution >= 4 is 23.1 Å². The second-order valence-corrected chi connectivity index (χ2v) is 6.97. The van der Waals surface area contributed by atoms with E-state index in [1.807, 2.05) is 69.3 Å². The molecular formula is C24H28N2O4. The molecule has 0 radical (unpaired) electrons. The molecule has 1 heterocycles. The highest BCUT2D eigenvalue weighted by Gasteiger charge is 2.38. The number of rotatable bonds is 10. The van der Waals surface area contributed by atoms with Crippen molar-refractivity contribution in [2.45, 2.75) is 33.6 Å². The standard InChI is InChI=1S/C24H28N2O4/c1-4-14-26-23(27)21(17-10-12-19(13-11-17)30-15-5-2)22(24(26)28)25-18-8-7-9-20(16-18)29-6-3/h7-13,16,25H,4-6,14-15H2,1-3H3. The molecule has 0 aromatic heterocycles. The predicted molar refractivity (Wildman–Crippen MR) is 117 cm³/mol. The summed E-state index contributed by atoms with van der Waals surface area (Å²) in [5.74, 6) is 0.837. The molecule has 30 heavy (non-hydrogen) atoms. The molecule has 6 heteroatoms. The Kier molecular flexibility index (Phi) is 7.12. The second-order valence-electron chi connectivity index (χ2n) is 6.97. The molecule has 0 saturated heterocycles. The van der Waals surface area contributed by atoms with Crippen molar-refractivity contribution in [1.29, 1.82) is 0 Å². The molecule has 2 aromatic carbocycles. The minimum absolute atomic E-state index is 0.282. The highest BCUT2D eigenvalue weighted by molar-refractivity contribution is 6.36. The summed E-state index contributed by atoms with van der Waals surface area (Å²) in [5.41, 5.74) is 2.02. The smallest absolute Gasteiger partial charge is 0.278 e. The van der Waals surface area contributed by atoms with Gasteiger partial charge in [0, 0.05) is 18.3 Å². The number of anilines is 1. The van der Waals surface area contributed by atoms with Crippen LogP contribution in [0.1, 0.15) is 39.2 Å². The lowest BCUT2D eigenvalue weighted by Gasteiger charge is -2.14. The first-order valence-corrected chi connectivity index (χ1v) is 10.4. The molecule has 0 unspecified atom stereocenters. The highest BCUT2D eigenvalue weighted by Crippen LogP contribution is 2.32. The van der Waals surface area contributed by atoms with Gasteiger partial charge in [0.1, 0.15) is 17.2 Å². The lowest BCUT2D eigenvalue weighted by Crippen LogP contribution is -2.33. The maximum absolute atomic E-state index is 13.1. The maximum atomic E-state index is 13.1. The molecule has 1 aliphatic rings. The van der Waals surface area contributed by atoms with Crippen molar-refractivity contribution in [3.63, 3.8) is 0 Å². The molecule has 0 aliphatic carbocycles. The SMILES string of the molecule is CCCOc1ccc(C2=C(Nc3cccc(OCC)c3)C(=O)N(CCC)C2=O)cc1. The van der Waals surface area contributed by atoms with Crippen LogP contribution in [0.15, 0.2) is 54.2 Å². The zero-order valence-corrected chi connectivity index (χ0v) is 17.7. The summed E-state index contributed by atoms with van der Waals surface area (Å²) in [6, 6.07) is 14.6. The second kappa shape index (κ2) is 9.96. The summed E-state index contributed by atoms with van der Waals surface area (Å²) in [7, 11) is 0. The molecule has 2 amide bonds. The van der Waals surface area contributed by atoms with Crippen LogP contribution >= 0.6 is 0 Å². The summed E-state index contributed by atoms with van der Waals surface area (Å²) in [5, 5.41) is 3.16. The van der Waals surface area contributed by atoms with Crippen molar-refractivity contribution < 1.29 is 19.1 Å². The van der Waals surface area contributed by atoms with Crippen molar-refractivity contribution in [2.75, 3.05) is 25.1 Å². The Morgan fingerprint density at radius 2 is 1.63 bits per heavy atom. The molecule has 6 nitrogen and oxygen atoms in total. The van der Waals surface area contributed by atoms with Crippen molar-refractivity contribution in [3.05, 3.63) is 59.8 Å². The number of ether oxygens (including phenoxy) is 2. The summed E-state index contributed by atoms with van der Waals surface area (Å²) >= 11 is 0. The Morgan fingerprint density at radius 1 is 0.867 bits per heavy atom. The maximum Gasteiger partial charge on any atom is 0.278 e. The third-order valence-corrected chi connectivity index (χ3v) is 4.65. The van der Waals surface area contributed by atoms with E-state index in [9.17, 15) is 9.59 Å². The number of carbonyl (C=O) groups is 2. The number of carbonyl (C=O) groups excluding carboxylic acids is 2. The summed E-state index contributed by atoms with van der Waals surface area (Å²) in [6.45, 7) is 7.46. The van der Waals surface area contributed by atoms with Crippen LogP contribution in [0.5, 0.6) is 11.5 Å². The lowest BCUT2D eigenvalue weighted by molar-refractivity contribution is -0.136. The Bertz CT molecular complexity index is 934. The van der Waals surface area contributed by atoms with Crippen molar-refractivity contribution in [3.8, 4) is 11.5 Å². The van der Waals surface area contributed by atoms with Gasteiger partial charge in [-0.05, 0) is 49.6 Å². The van der Waals surface area contributed by atoms with E-state index in [-0.39, 0.29) is 17.5 Å². The largest absolute Gasteiger partial charge is 0.494 e. The molecule has 158 valence electrons. The normalized spacial score (nSPS) is 13.8. The van der Waals surface area contributed by atoms with Crippen LogP contribution in [0.4, 0.5) is 5.69 Å². The van der Waals surface area contributed by atoms with Gasteiger partial charge in [0.05, 0.1) is 18.8 Å². The van der Waals surface area contributed by atoms with Crippen LogP contribution in [-0.4, -0.2) is 36.5 Å². The molecular weight excluding hydrogens is 380 g/mol. The fourth-order valence-corrected chi connectivity index (χ4v) is 3.30. The first-order chi connectivity index (χ1) is 14.6. The number of amides is 2. The van der Waals surface area contributed by atoms with Gasteiger partial charge in [-0.3, -0.25) is 14.5 Å². The number of benzene rings is 2. The van der Waals surface area contributed by atoms with Gasteiger partial charge in [-0.25, -0.2) is 0 Å². The summed E-state index contributed by atoms with van der Waals surface area (Å²) < 4.78 is 11.2. The fraction of sp³-hybridized carbons (Fsp3) is 0.333. The van der Waals surface area contributed by atoms with Crippen molar-refractivity contribution in [2.24, 2.45) is 0 Å². The van der Waals surface area contributed by atoms with E-state index in [2.05, 4.69) is 5.32 Å². The number of hydrogen-bond donors (Lipinski definition) is 1. The number of nitrogens with zero attached hydrogens (tertiary/aromatic N) is 1. The Balaban J connectivity index is 1.97. The van der Waals surface area contributed by atoms with Crippen LogP contribution in [0.25, 0.3) is 5.57 Å². The van der Waals surface area contributed by atoms with E-state index in [0.717, 1.165) is 12.2 Å². The zero-order chi connectivity index (χ0) is 21.5. The van der Waals surface area contributed by atoms with E-state index < -0.39 is 0 Å². The van der Waals surface area contributed by atoms with Gasteiger partial charge in [0.15, 0.2) is 0 Å². The highest BCUT2D eigenvalue weighted by atomic mass is 16.5. The van der Waals surface area contributed by atoms with Crippen LogP contribution in [0.2, 0.25) is 0 Å². The van der Waals surface area contributed by atoms with Crippen LogP contribution < -0.4 is 14.8 Å². The molecule has 0 saturated carbocycles. The third kappa shape index (κ3) is 4.64. The van der Waals surface area contributed by atoms with E-state index >= 15 is 0 Å². The molecule has 0 bridgehead atoms. The molecule has 0 fully saturated rings. The fourth-order valence-electron chi connectivity index (χ4n) is 3.30. The Hall–Kier alpha value is -3.28. The van der Waals surface area contributed by atoms with Gasteiger partial charge in [-0.15, -0.1) is 0 Å². The first kappa shape index (κ1) is 21.4. The first-order valence-electron chi connectivity index (χ1n) is 10.4. The number of imide groups is 1. The Morgan fingerprint density at radius 3 is 2.30 bits per heavy atom. The summed E-state index contributed by atoms with van der Waals surface area (Å²) in [6.07, 6.45) is 1.61. The van der Waals surface area contributed by atoms with Gasteiger partial charge in [0.25, 0.3) is 11.8 Å². The van der Waals surface area contributed by atoms with Crippen LogP contribution in [-0.2, 0) is 9.59 Å². The van der Waals surface area contributed by atoms with Crippen molar-refractivity contribution in [1.82, 2.24) is 4.90 Å².